The first-order valence-electron chi connectivity index (χ1n) is 8.78. The Morgan fingerprint density at radius 2 is 1.96 bits per heavy atom. The topological polar surface area (TPSA) is 78.8 Å². The molecule has 0 aliphatic heterocycles. The zero-order chi connectivity index (χ0) is 20.3. The summed E-state index contributed by atoms with van der Waals surface area (Å²) in [5.41, 5.74) is 7.27. The van der Waals surface area contributed by atoms with Gasteiger partial charge in [0.1, 0.15) is 30.5 Å². The standard InChI is InChI=1S/C20H21F2N3O3/c1-12-8-18(28-10-14-15(21)4-3-5-16(14)22)20-24-13(2)19(25(20)9-12)17(26)11-27-7-6-23/h3-5,8-9H,6-7,10-11,23H2,1-2H3. The summed E-state index contributed by atoms with van der Waals surface area (Å²) in [6.45, 7) is 3.72. The van der Waals surface area contributed by atoms with Gasteiger partial charge in [0.25, 0.3) is 0 Å². The van der Waals surface area contributed by atoms with Gasteiger partial charge in [0, 0.05) is 12.7 Å². The summed E-state index contributed by atoms with van der Waals surface area (Å²) in [6.07, 6.45) is 1.75. The molecule has 3 aromatic rings. The predicted molar refractivity (Wildman–Crippen MR) is 99.6 cm³/mol. The van der Waals surface area contributed by atoms with E-state index in [2.05, 4.69) is 4.98 Å². The summed E-state index contributed by atoms with van der Waals surface area (Å²) >= 11 is 0. The van der Waals surface area contributed by atoms with Crippen molar-refractivity contribution in [2.45, 2.75) is 20.5 Å². The lowest BCUT2D eigenvalue weighted by molar-refractivity contribution is 0.0767. The number of carbonyl (C=O) groups is 1. The number of aryl methyl sites for hydroxylation is 2. The Labute approximate surface area is 160 Å². The first kappa shape index (κ1) is 19.9. The molecule has 0 bridgehead atoms. The van der Waals surface area contributed by atoms with E-state index in [1.807, 2.05) is 6.92 Å². The van der Waals surface area contributed by atoms with E-state index in [0.717, 1.165) is 5.56 Å². The second kappa shape index (κ2) is 8.45. The molecule has 0 spiro atoms. The van der Waals surface area contributed by atoms with Crippen LogP contribution in [0, 0.1) is 25.5 Å². The van der Waals surface area contributed by atoms with Crippen LogP contribution >= 0.6 is 0 Å². The molecule has 0 fully saturated rings. The van der Waals surface area contributed by atoms with Crippen LogP contribution in [0.25, 0.3) is 5.65 Å². The smallest absolute Gasteiger partial charge is 0.207 e. The third kappa shape index (κ3) is 4.02. The number of rotatable bonds is 8. The molecule has 2 heterocycles. The van der Waals surface area contributed by atoms with Crippen molar-refractivity contribution in [1.29, 1.82) is 0 Å². The number of halogens is 2. The quantitative estimate of drug-likeness (QED) is 0.473. The first-order valence-corrected chi connectivity index (χ1v) is 8.78. The third-order valence-electron chi connectivity index (χ3n) is 4.19. The number of benzene rings is 1. The van der Waals surface area contributed by atoms with Gasteiger partial charge in [0.05, 0.1) is 17.9 Å². The fourth-order valence-electron chi connectivity index (χ4n) is 2.94. The maximum Gasteiger partial charge on any atom is 0.207 e. The molecule has 0 amide bonds. The second-order valence-electron chi connectivity index (χ2n) is 6.37. The van der Waals surface area contributed by atoms with Gasteiger partial charge in [-0.15, -0.1) is 0 Å². The molecule has 0 aliphatic rings. The summed E-state index contributed by atoms with van der Waals surface area (Å²) in [4.78, 5) is 17.0. The first-order chi connectivity index (χ1) is 13.4. The number of Topliss-reactive ketones (excluding diaryl/α,β-unsaturated/α-hetero) is 1. The molecule has 0 unspecified atom stereocenters. The minimum Gasteiger partial charge on any atom is -0.485 e. The minimum absolute atomic E-state index is 0.115. The number of nitrogens with two attached hydrogens (primary N) is 1. The van der Waals surface area contributed by atoms with Gasteiger partial charge in [-0.05, 0) is 37.6 Å². The van der Waals surface area contributed by atoms with Crippen LogP contribution in [0.3, 0.4) is 0 Å². The normalized spacial score (nSPS) is 11.2. The highest BCUT2D eigenvalue weighted by molar-refractivity contribution is 5.97. The van der Waals surface area contributed by atoms with E-state index in [1.165, 1.54) is 18.2 Å². The summed E-state index contributed by atoms with van der Waals surface area (Å²) in [5, 5.41) is 0. The lowest BCUT2D eigenvalue weighted by Crippen LogP contribution is -2.16. The van der Waals surface area contributed by atoms with Crippen molar-refractivity contribution in [3.8, 4) is 5.75 Å². The van der Waals surface area contributed by atoms with Crippen LogP contribution in [0.1, 0.15) is 27.3 Å². The number of ether oxygens (including phenoxy) is 2. The molecule has 0 atom stereocenters. The number of fused-ring (bicyclic) bond motifs is 1. The molecule has 3 rings (SSSR count). The average molecular weight is 389 g/mol. The number of nitrogens with zero attached hydrogens (tertiary/aromatic N) is 2. The molecule has 148 valence electrons. The zero-order valence-electron chi connectivity index (χ0n) is 15.7. The Kier molecular flexibility index (Phi) is 6.01. The van der Waals surface area contributed by atoms with Crippen LogP contribution in [-0.2, 0) is 11.3 Å². The van der Waals surface area contributed by atoms with Crippen molar-refractivity contribution < 1.29 is 23.0 Å². The number of ketones is 1. The van der Waals surface area contributed by atoms with E-state index >= 15 is 0 Å². The van der Waals surface area contributed by atoms with Gasteiger partial charge < -0.3 is 15.2 Å². The van der Waals surface area contributed by atoms with Crippen molar-refractivity contribution in [2.75, 3.05) is 19.8 Å². The lowest BCUT2D eigenvalue weighted by Gasteiger charge is -2.11. The number of carbonyl (C=O) groups excluding carboxylic acids is 1. The number of imidazole rings is 1. The second-order valence-corrected chi connectivity index (χ2v) is 6.37. The van der Waals surface area contributed by atoms with Crippen LogP contribution < -0.4 is 10.5 Å². The van der Waals surface area contributed by atoms with E-state index in [-0.39, 0.29) is 31.2 Å². The summed E-state index contributed by atoms with van der Waals surface area (Å²) in [6, 6.07) is 5.35. The van der Waals surface area contributed by atoms with Gasteiger partial charge in [-0.1, -0.05) is 6.07 Å². The molecule has 1 aromatic carbocycles. The van der Waals surface area contributed by atoms with Crippen LogP contribution in [0.4, 0.5) is 8.78 Å². The van der Waals surface area contributed by atoms with E-state index in [0.29, 0.717) is 29.3 Å². The van der Waals surface area contributed by atoms with E-state index in [9.17, 15) is 13.6 Å². The highest BCUT2D eigenvalue weighted by Crippen LogP contribution is 2.26. The summed E-state index contributed by atoms with van der Waals surface area (Å²) in [5.74, 6) is -1.28. The van der Waals surface area contributed by atoms with Gasteiger partial charge in [-0.2, -0.15) is 0 Å². The maximum absolute atomic E-state index is 13.9. The highest BCUT2D eigenvalue weighted by Gasteiger charge is 2.20. The largest absolute Gasteiger partial charge is 0.485 e. The molecular weight excluding hydrogens is 368 g/mol. The number of pyridine rings is 1. The predicted octanol–water partition coefficient (Wildman–Crippen LogP) is 2.97. The molecule has 8 heteroatoms. The number of aromatic nitrogens is 2. The van der Waals surface area contributed by atoms with Crippen molar-refractivity contribution in [1.82, 2.24) is 9.38 Å². The minimum atomic E-state index is -0.684. The van der Waals surface area contributed by atoms with E-state index < -0.39 is 11.6 Å². The third-order valence-corrected chi connectivity index (χ3v) is 4.19. The molecule has 0 radical (unpaired) electrons. The Bertz CT molecular complexity index is 997. The Hall–Kier alpha value is -2.84. The molecule has 2 N–H and O–H groups in total. The van der Waals surface area contributed by atoms with Crippen molar-refractivity contribution in [3.05, 3.63) is 64.6 Å². The van der Waals surface area contributed by atoms with Crippen molar-refractivity contribution in [3.63, 3.8) is 0 Å². The molecule has 28 heavy (non-hydrogen) atoms. The van der Waals surface area contributed by atoms with Crippen LogP contribution in [-0.4, -0.2) is 34.9 Å². The van der Waals surface area contributed by atoms with Crippen LogP contribution in [0.5, 0.6) is 5.75 Å². The molecule has 6 nitrogen and oxygen atoms in total. The van der Waals surface area contributed by atoms with Gasteiger partial charge in [-0.3, -0.25) is 9.20 Å². The summed E-state index contributed by atoms with van der Waals surface area (Å²) in [7, 11) is 0. The zero-order valence-corrected chi connectivity index (χ0v) is 15.7. The fraction of sp³-hybridized carbons (Fsp3) is 0.300. The van der Waals surface area contributed by atoms with E-state index in [4.69, 9.17) is 15.2 Å². The highest BCUT2D eigenvalue weighted by atomic mass is 19.1. The van der Waals surface area contributed by atoms with Gasteiger partial charge >= 0.3 is 0 Å². The van der Waals surface area contributed by atoms with Crippen molar-refractivity contribution >= 4 is 11.4 Å². The molecule has 2 aromatic heterocycles. The number of hydrogen-bond acceptors (Lipinski definition) is 5. The van der Waals surface area contributed by atoms with Crippen LogP contribution in [0.2, 0.25) is 0 Å². The maximum atomic E-state index is 13.9. The molecule has 0 saturated heterocycles. The Balaban J connectivity index is 1.94. The fourth-order valence-corrected chi connectivity index (χ4v) is 2.94. The SMILES string of the molecule is Cc1cc(OCc2c(F)cccc2F)c2nc(C)c(C(=O)COCCN)n2c1. The van der Waals surface area contributed by atoms with Crippen LogP contribution in [0.15, 0.2) is 30.5 Å². The Morgan fingerprint density at radius 1 is 1.25 bits per heavy atom. The molecule has 0 aliphatic carbocycles. The monoisotopic (exact) mass is 389 g/mol. The molecule has 0 saturated carbocycles. The average Bonchev–Trinajstić information content (AvgIpc) is 2.97. The molecular formula is C20H21F2N3O3. The van der Waals surface area contributed by atoms with Gasteiger partial charge in [0.2, 0.25) is 5.78 Å². The van der Waals surface area contributed by atoms with E-state index in [1.54, 1.807) is 23.6 Å². The van der Waals surface area contributed by atoms with Gasteiger partial charge in [-0.25, -0.2) is 13.8 Å². The van der Waals surface area contributed by atoms with Crippen molar-refractivity contribution in [2.24, 2.45) is 5.73 Å². The summed E-state index contributed by atoms with van der Waals surface area (Å²) < 4.78 is 40.2. The number of hydrogen-bond donors (Lipinski definition) is 1. The lowest BCUT2D eigenvalue weighted by atomic mass is 10.2. The van der Waals surface area contributed by atoms with Gasteiger partial charge in [0.15, 0.2) is 11.4 Å². The Morgan fingerprint density at radius 3 is 2.64 bits per heavy atom.